The number of hydrogen-bond donors (Lipinski definition) is 0. The number of aryl methyl sites for hydroxylation is 1. The molecule has 0 amide bonds. The zero-order chi connectivity index (χ0) is 39.1. The van der Waals surface area contributed by atoms with Crippen molar-refractivity contribution in [2.75, 3.05) is 0 Å². The first kappa shape index (κ1) is 34.7. The number of hydrogen-bond acceptors (Lipinski definition) is 6. The third-order valence-corrected chi connectivity index (χ3v) is 11.8. The summed E-state index contributed by atoms with van der Waals surface area (Å²) in [5.74, 6) is 8.70. The Morgan fingerprint density at radius 2 is 0.897 bits per heavy atom. The van der Waals surface area contributed by atoms with Crippen LogP contribution in [0.25, 0.3) is 0 Å². The monoisotopic (exact) mass is 758 g/mol. The molecule has 0 aromatic heterocycles. The topological polar surface area (TPSA) is 55.4 Å². The molecule has 0 N–H and O–H groups in total. The molecule has 0 saturated heterocycles. The summed E-state index contributed by atoms with van der Waals surface area (Å²) < 4.78 is 39.9. The first-order valence-corrected chi connectivity index (χ1v) is 20.3. The van der Waals surface area contributed by atoms with E-state index in [9.17, 15) is 0 Å². The number of rotatable bonds is 7. The van der Waals surface area contributed by atoms with Crippen molar-refractivity contribution in [3.63, 3.8) is 0 Å². The van der Waals surface area contributed by atoms with Crippen LogP contribution in [0.2, 0.25) is 0 Å². The van der Waals surface area contributed by atoms with Crippen molar-refractivity contribution in [2.45, 2.75) is 52.4 Å². The molecule has 0 fully saturated rings. The maximum Gasteiger partial charge on any atom is 0.260 e. The lowest BCUT2D eigenvalue weighted by Gasteiger charge is -2.36. The minimum atomic E-state index is -0.135. The molecular weight excluding hydrogens is 718 g/mol. The summed E-state index contributed by atoms with van der Waals surface area (Å²) in [6, 6.07) is 45.4. The molecule has 0 unspecified atom stereocenters. The van der Waals surface area contributed by atoms with Crippen LogP contribution in [-0.4, -0.2) is 13.4 Å². The van der Waals surface area contributed by atoms with Gasteiger partial charge in [-0.1, -0.05) is 101 Å². The lowest BCUT2D eigenvalue weighted by molar-refractivity contribution is 0.435. The first-order valence-electron chi connectivity index (χ1n) is 20.3. The zero-order valence-electron chi connectivity index (χ0n) is 32.9. The molecule has 7 aromatic rings. The predicted octanol–water partition coefficient (Wildman–Crippen LogP) is 9.37. The van der Waals surface area contributed by atoms with Crippen molar-refractivity contribution in [3.8, 4) is 69.0 Å². The molecule has 58 heavy (non-hydrogen) atoms. The van der Waals surface area contributed by atoms with E-state index in [1.54, 1.807) is 0 Å². The van der Waals surface area contributed by atoms with E-state index in [4.69, 9.17) is 28.4 Å². The van der Waals surface area contributed by atoms with Crippen LogP contribution in [0.15, 0.2) is 133 Å². The zero-order valence-corrected chi connectivity index (χ0v) is 32.9. The number of unbranched alkanes of at least 4 members (excludes halogenated alkanes) is 1. The van der Waals surface area contributed by atoms with E-state index in [0.717, 1.165) is 79.4 Å². The minimum Gasteiger partial charge on any atom is -0.458 e. The van der Waals surface area contributed by atoms with Crippen molar-refractivity contribution in [1.29, 1.82) is 0 Å². The van der Waals surface area contributed by atoms with Crippen molar-refractivity contribution < 1.29 is 28.4 Å². The Morgan fingerprint density at radius 1 is 0.448 bits per heavy atom. The van der Waals surface area contributed by atoms with Crippen LogP contribution in [0.3, 0.4) is 0 Å². The number of benzene rings is 7. The summed E-state index contributed by atoms with van der Waals surface area (Å²) in [6.07, 6.45) is 3.39. The highest BCUT2D eigenvalue weighted by atomic mass is 16.5. The van der Waals surface area contributed by atoms with Gasteiger partial charge in [0.05, 0.1) is 0 Å². The molecule has 282 valence electrons. The van der Waals surface area contributed by atoms with Crippen molar-refractivity contribution in [1.82, 2.24) is 0 Å². The largest absolute Gasteiger partial charge is 0.458 e. The van der Waals surface area contributed by atoms with Crippen LogP contribution in [0.5, 0.6) is 69.0 Å². The fourth-order valence-electron chi connectivity index (χ4n) is 8.86. The fraction of sp³-hybridized carbons (Fsp3) is 0.160. The normalized spacial score (nSPS) is 13.5. The van der Waals surface area contributed by atoms with Crippen LogP contribution in [0.4, 0.5) is 0 Å². The van der Waals surface area contributed by atoms with Crippen molar-refractivity contribution >= 4 is 46.2 Å². The van der Waals surface area contributed by atoms with E-state index < -0.39 is 0 Å². The molecule has 0 atom stereocenters. The highest BCUT2D eigenvalue weighted by Gasteiger charge is 2.45. The molecule has 0 radical (unpaired) electrons. The van der Waals surface area contributed by atoms with Crippen LogP contribution in [0.1, 0.15) is 51.7 Å². The summed E-state index contributed by atoms with van der Waals surface area (Å²) in [5.41, 5.74) is 8.82. The molecular formula is C50H40B2O6. The van der Waals surface area contributed by atoms with Gasteiger partial charge in [-0.2, -0.15) is 0 Å². The van der Waals surface area contributed by atoms with Gasteiger partial charge >= 0.3 is 0 Å². The van der Waals surface area contributed by atoms with Gasteiger partial charge in [-0.05, 0) is 87.6 Å². The van der Waals surface area contributed by atoms with Crippen molar-refractivity contribution in [3.05, 3.63) is 145 Å². The fourth-order valence-corrected chi connectivity index (χ4v) is 8.86. The summed E-state index contributed by atoms with van der Waals surface area (Å²) in [6.45, 7) is 8.57. The average molecular weight is 758 g/mol. The van der Waals surface area contributed by atoms with Crippen LogP contribution in [0, 0.1) is 0 Å². The van der Waals surface area contributed by atoms with Crippen LogP contribution in [-0.2, 0) is 11.8 Å². The highest BCUT2D eigenvalue weighted by molar-refractivity contribution is 7.01. The second kappa shape index (κ2) is 13.3. The summed E-state index contributed by atoms with van der Waals surface area (Å²) in [5, 5.41) is 0. The van der Waals surface area contributed by atoms with E-state index in [1.807, 2.05) is 78.9 Å². The number of para-hydroxylation sites is 2. The SMILES string of the molecule is CCCCc1ccc(Oc2cc3c4c(c2)Oc2cc5c(cc2B4c2ccccc2O3)B2c3ccccc3Oc3cc(Oc4ccc(C(C)(C)C)cc4)cc(c32)O5)cc1. The van der Waals surface area contributed by atoms with Gasteiger partial charge in [-0.25, -0.2) is 0 Å². The number of fused-ring (bicyclic) bond motifs is 8. The van der Waals surface area contributed by atoms with Crippen LogP contribution >= 0.6 is 0 Å². The van der Waals surface area contributed by atoms with Crippen LogP contribution < -0.4 is 61.2 Å². The Kier molecular flexibility index (Phi) is 7.94. The third kappa shape index (κ3) is 5.81. The van der Waals surface area contributed by atoms with E-state index in [2.05, 4.69) is 82.3 Å². The Morgan fingerprint density at radius 3 is 1.36 bits per heavy atom. The maximum absolute atomic E-state index is 6.86. The third-order valence-electron chi connectivity index (χ3n) is 11.8. The maximum atomic E-state index is 6.86. The quantitative estimate of drug-likeness (QED) is 0.151. The Hall–Kier alpha value is -6.53. The first-order chi connectivity index (χ1) is 28.3. The molecule has 8 heteroatoms. The Labute approximate surface area is 339 Å². The molecule has 0 spiro atoms. The van der Waals surface area contributed by atoms with E-state index in [0.29, 0.717) is 28.7 Å². The molecule has 4 heterocycles. The molecule has 0 saturated carbocycles. The minimum absolute atomic E-state index is 0.0455. The number of ether oxygens (including phenoxy) is 6. The van der Waals surface area contributed by atoms with E-state index in [1.165, 1.54) is 24.0 Å². The lowest BCUT2D eigenvalue weighted by Crippen LogP contribution is -2.61. The van der Waals surface area contributed by atoms with Crippen molar-refractivity contribution in [2.24, 2.45) is 0 Å². The smallest absolute Gasteiger partial charge is 0.260 e. The Balaban J connectivity index is 1.00. The van der Waals surface area contributed by atoms with Gasteiger partial charge in [0.2, 0.25) is 0 Å². The molecule has 7 aromatic carbocycles. The van der Waals surface area contributed by atoms with E-state index in [-0.39, 0.29) is 18.8 Å². The average Bonchev–Trinajstić information content (AvgIpc) is 3.22. The molecule has 0 aliphatic carbocycles. The van der Waals surface area contributed by atoms with Gasteiger partial charge in [0.25, 0.3) is 13.4 Å². The summed E-state index contributed by atoms with van der Waals surface area (Å²) in [7, 11) is 0. The second-order valence-electron chi connectivity index (χ2n) is 16.7. The van der Waals surface area contributed by atoms with Gasteiger partial charge in [-0.15, -0.1) is 0 Å². The molecule has 4 aliphatic rings. The van der Waals surface area contributed by atoms with Gasteiger partial charge in [0.1, 0.15) is 69.0 Å². The highest BCUT2D eigenvalue weighted by Crippen LogP contribution is 2.43. The van der Waals surface area contributed by atoms with Gasteiger partial charge in [0.15, 0.2) is 0 Å². The summed E-state index contributed by atoms with van der Waals surface area (Å²) >= 11 is 0. The molecule has 6 nitrogen and oxygen atoms in total. The van der Waals surface area contributed by atoms with Gasteiger partial charge in [-0.3, -0.25) is 0 Å². The Bertz CT molecular complexity index is 2770. The lowest BCUT2D eigenvalue weighted by atomic mass is 9.31. The standard InChI is InChI=1S/C50H40B2O6/c1-5-6-11-30-16-20-32(21-17-30)53-34-24-44-48-46(26-34)57-42-29-43-39(28-38(42)51(48)36-12-7-9-14-40(36)55-44)52-37-13-8-10-15-41(37)56-45-25-35(27-47(58-43)49(45)52)54-33-22-18-31(19-23-33)50(2,3)4/h7-10,12-29H,5-6,11H2,1-4H3. The van der Waals surface area contributed by atoms with E-state index >= 15 is 0 Å². The summed E-state index contributed by atoms with van der Waals surface area (Å²) in [4.78, 5) is 0. The molecule has 11 rings (SSSR count). The molecule has 0 bridgehead atoms. The van der Waals surface area contributed by atoms with Gasteiger partial charge < -0.3 is 28.4 Å². The molecule has 4 aliphatic heterocycles. The second-order valence-corrected chi connectivity index (χ2v) is 16.7. The predicted molar refractivity (Wildman–Crippen MR) is 232 cm³/mol. The van der Waals surface area contributed by atoms with Gasteiger partial charge in [0, 0.05) is 41.3 Å².